The number of hydrogen-bond acceptors (Lipinski definition) is 5. The Morgan fingerprint density at radius 2 is 1.97 bits per heavy atom. The lowest BCUT2D eigenvalue weighted by Crippen LogP contribution is -2.45. The van der Waals surface area contributed by atoms with Crippen LogP contribution >= 0.6 is 11.6 Å². The molecule has 0 radical (unpaired) electrons. The van der Waals surface area contributed by atoms with Crippen LogP contribution in [0.15, 0.2) is 28.8 Å². The molecule has 2 heterocycles. The van der Waals surface area contributed by atoms with E-state index in [1.54, 1.807) is 0 Å². The minimum Gasteiger partial charge on any atom is -0.343 e. The number of halogens is 1. The van der Waals surface area contributed by atoms with E-state index < -0.39 is 0 Å². The molecule has 1 amide bonds. The van der Waals surface area contributed by atoms with Gasteiger partial charge in [0, 0.05) is 29.6 Å². The predicted molar refractivity (Wildman–Crippen MR) is 112 cm³/mol. The molecule has 0 atom stereocenters. The Morgan fingerprint density at radius 1 is 1.21 bits per heavy atom. The molecule has 6 nitrogen and oxygen atoms in total. The van der Waals surface area contributed by atoms with Gasteiger partial charge in [0.15, 0.2) is 0 Å². The van der Waals surface area contributed by atoms with Gasteiger partial charge in [-0.15, -0.1) is 0 Å². The third kappa shape index (κ3) is 4.98. The monoisotopic (exact) mass is 416 g/mol. The Bertz CT molecular complexity index is 826. The first-order chi connectivity index (χ1) is 14.1. The molecule has 2 fully saturated rings. The second-order valence-electron chi connectivity index (χ2n) is 8.31. The van der Waals surface area contributed by atoms with Gasteiger partial charge in [0.1, 0.15) is 0 Å². The van der Waals surface area contributed by atoms with E-state index >= 15 is 0 Å². The number of hydrogen-bond donors (Lipinski definition) is 0. The van der Waals surface area contributed by atoms with Crippen LogP contribution in [0, 0.1) is 5.92 Å². The van der Waals surface area contributed by atoms with E-state index in [0.717, 1.165) is 44.3 Å². The number of rotatable bonds is 5. The summed E-state index contributed by atoms with van der Waals surface area (Å²) in [4.78, 5) is 21.7. The van der Waals surface area contributed by atoms with E-state index in [4.69, 9.17) is 16.1 Å². The molecule has 1 aromatic carbocycles. The van der Waals surface area contributed by atoms with E-state index in [2.05, 4.69) is 15.0 Å². The first-order valence-electron chi connectivity index (χ1n) is 10.7. The molecule has 1 aromatic heterocycles. The van der Waals surface area contributed by atoms with E-state index in [1.807, 2.05) is 36.2 Å². The van der Waals surface area contributed by atoms with Crippen LogP contribution in [-0.2, 0) is 11.3 Å². The molecule has 29 heavy (non-hydrogen) atoms. The Balaban J connectivity index is 1.28. The van der Waals surface area contributed by atoms with Crippen molar-refractivity contribution in [2.75, 3.05) is 20.1 Å². The van der Waals surface area contributed by atoms with E-state index in [1.165, 1.54) is 19.3 Å². The normalized spacial score (nSPS) is 19.4. The van der Waals surface area contributed by atoms with Gasteiger partial charge in [-0.25, -0.2) is 0 Å². The lowest BCUT2D eigenvalue weighted by Gasteiger charge is -2.36. The van der Waals surface area contributed by atoms with E-state index in [9.17, 15) is 4.79 Å². The van der Waals surface area contributed by atoms with Crippen LogP contribution in [0.3, 0.4) is 0 Å². The molecule has 1 saturated carbocycles. The van der Waals surface area contributed by atoms with Crippen molar-refractivity contribution >= 4 is 17.5 Å². The van der Waals surface area contributed by atoms with Crippen molar-refractivity contribution in [1.29, 1.82) is 0 Å². The first kappa shape index (κ1) is 20.4. The minimum atomic E-state index is 0.142. The number of carbonyl (C=O) groups excluding carboxylic acids is 1. The molecule has 2 aliphatic rings. The lowest BCUT2D eigenvalue weighted by molar-refractivity contribution is -0.138. The van der Waals surface area contributed by atoms with Crippen molar-refractivity contribution in [3.8, 4) is 11.4 Å². The number of piperidine rings is 1. The fraction of sp³-hybridized carbons (Fsp3) is 0.591. The minimum absolute atomic E-state index is 0.142. The molecular weight excluding hydrogens is 388 g/mol. The molecule has 1 aliphatic carbocycles. The van der Waals surface area contributed by atoms with Crippen molar-refractivity contribution in [2.45, 2.75) is 57.5 Å². The largest absolute Gasteiger partial charge is 0.343 e. The van der Waals surface area contributed by atoms with Gasteiger partial charge in [0.05, 0.1) is 6.54 Å². The Kier molecular flexibility index (Phi) is 6.50. The van der Waals surface area contributed by atoms with E-state index in [0.29, 0.717) is 35.2 Å². The molecule has 1 saturated heterocycles. The highest BCUT2D eigenvalue weighted by atomic mass is 35.5. The maximum absolute atomic E-state index is 12.9. The second-order valence-corrected chi connectivity index (χ2v) is 8.75. The van der Waals surface area contributed by atoms with Crippen molar-refractivity contribution < 1.29 is 9.32 Å². The SMILES string of the molecule is CN(C(=O)C1CCN(Cc2nc(-c3cccc(Cl)c3)no2)CC1)C1CCCCC1. The van der Waals surface area contributed by atoms with Gasteiger partial charge < -0.3 is 9.42 Å². The van der Waals surface area contributed by atoms with Gasteiger partial charge >= 0.3 is 0 Å². The number of carbonyl (C=O) groups is 1. The fourth-order valence-corrected chi connectivity index (χ4v) is 4.72. The smallest absolute Gasteiger partial charge is 0.241 e. The lowest BCUT2D eigenvalue weighted by atomic mass is 9.91. The van der Waals surface area contributed by atoms with Crippen LogP contribution in [0.2, 0.25) is 5.02 Å². The van der Waals surface area contributed by atoms with Gasteiger partial charge in [0.25, 0.3) is 0 Å². The second kappa shape index (κ2) is 9.26. The quantitative estimate of drug-likeness (QED) is 0.723. The molecule has 2 aromatic rings. The van der Waals surface area contributed by atoms with E-state index in [-0.39, 0.29) is 5.92 Å². The summed E-state index contributed by atoms with van der Waals surface area (Å²) in [5, 5.41) is 4.73. The number of aromatic nitrogens is 2. The zero-order valence-electron chi connectivity index (χ0n) is 17.0. The van der Waals surface area contributed by atoms with Crippen molar-refractivity contribution in [2.24, 2.45) is 5.92 Å². The van der Waals surface area contributed by atoms with Gasteiger partial charge in [0.2, 0.25) is 17.6 Å². The van der Waals surface area contributed by atoms with Gasteiger partial charge in [-0.3, -0.25) is 9.69 Å². The zero-order valence-corrected chi connectivity index (χ0v) is 17.8. The molecule has 0 unspecified atom stereocenters. The molecule has 4 rings (SSSR count). The van der Waals surface area contributed by atoms with Gasteiger partial charge in [-0.2, -0.15) is 4.98 Å². The summed E-state index contributed by atoms with van der Waals surface area (Å²) in [6, 6.07) is 7.89. The summed E-state index contributed by atoms with van der Waals surface area (Å²) in [6.07, 6.45) is 7.92. The standard InChI is InChI=1S/C22H29ClN4O2/c1-26(19-8-3-2-4-9-19)22(28)16-10-12-27(13-11-16)15-20-24-21(25-29-20)17-6-5-7-18(23)14-17/h5-7,14,16,19H,2-4,8-13,15H2,1H3. The highest BCUT2D eigenvalue weighted by Crippen LogP contribution is 2.26. The Morgan fingerprint density at radius 3 is 2.69 bits per heavy atom. The molecule has 0 spiro atoms. The molecule has 0 bridgehead atoms. The van der Waals surface area contributed by atoms with Crippen molar-refractivity contribution in [1.82, 2.24) is 19.9 Å². The highest BCUT2D eigenvalue weighted by Gasteiger charge is 2.31. The topological polar surface area (TPSA) is 62.5 Å². The number of nitrogens with zero attached hydrogens (tertiary/aromatic N) is 4. The summed E-state index contributed by atoms with van der Waals surface area (Å²) in [6.45, 7) is 2.38. The van der Waals surface area contributed by atoms with Crippen molar-refractivity contribution in [3.05, 3.63) is 35.2 Å². The van der Waals surface area contributed by atoms with Crippen LogP contribution in [0.25, 0.3) is 11.4 Å². The molecule has 1 aliphatic heterocycles. The van der Waals surface area contributed by atoms with Crippen LogP contribution < -0.4 is 0 Å². The van der Waals surface area contributed by atoms with Gasteiger partial charge in [-0.05, 0) is 50.9 Å². The highest BCUT2D eigenvalue weighted by molar-refractivity contribution is 6.30. The van der Waals surface area contributed by atoms with Crippen LogP contribution in [0.1, 0.15) is 50.8 Å². The molecule has 0 N–H and O–H groups in total. The van der Waals surface area contributed by atoms with Crippen LogP contribution in [-0.4, -0.2) is 52.0 Å². The van der Waals surface area contributed by atoms with Gasteiger partial charge in [-0.1, -0.05) is 48.2 Å². The molecular formula is C22H29ClN4O2. The molecule has 156 valence electrons. The first-order valence-corrected chi connectivity index (χ1v) is 11.1. The Labute approximate surface area is 177 Å². The average Bonchev–Trinajstić information content (AvgIpc) is 3.22. The summed E-state index contributed by atoms with van der Waals surface area (Å²) in [5.41, 5.74) is 0.850. The maximum atomic E-state index is 12.9. The Hall–Kier alpha value is -1.92. The molecule has 7 heteroatoms. The number of amides is 1. The predicted octanol–water partition coefficient (Wildman–Crippen LogP) is 4.39. The summed E-state index contributed by atoms with van der Waals surface area (Å²) >= 11 is 6.04. The van der Waals surface area contributed by atoms with Crippen LogP contribution in [0.5, 0.6) is 0 Å². The number of benzene rings is 1. The third-order valence-corrected chi connectivity index (χ3v) is 6.55. The summed E-state index contributed by atoms with van der Waals surface area (Å²) < 4.78 is 5.43. The van der Waals surface area contributed by atoms with Crippen molar-refractivity contribution in [3.63, 3.8) is 0 Å². The fourth-order valence-electron chi connectivity index (χ4n) is 4.53. The van der Waals surface area contributed by atoms with Crippen LogP contribution in [0.4, 0.5) is 0 Å². The maximum Gasteiger partial charge on any atom is 0.241 e. The zero-order chi connectivity index (χ0) is 20.2. The third-order valence-electron chi connectivity index (χ3n) is 6.32. The summed E-state index contributed by atoms with van der Waals surface area (Å²) in [7, 11) is 2.00. The average molecular weight is 417 g/mol. The number of likely N-dealkylation sites (tertiary alicyclic amines) is 1. The summed E-state index contributed by atoms with van der Waals surface area (Å²) in [5.74, 6) is 1.63.